The van der Waals surface area contributed by atoms with Gasteiger partial charge in [0.15, 0.2) is 5.78 Å². The van der Waals surface area contributed by atoms with E-state index < -0.39 is 0 Å². The first-order chi connectivity index (χ1) is 24.0. The lowest BCUT2D eigenvalue weighted by molar-refractivity contribution is -0.917. The van der Waals surface area contributed by atoms with Crippen LogP contribution in [0.2, 0.25) is 0 Å². The molecular weight excluding hydrogens is 920 g/mol. The third kappa shape index (κ3) is 10.3. The predicted molar refractivity (Wildman–Crippen MR) is 205 cm³/mol. The summed E-state index contributed by atoms with van der Waals surface area (Å²) in [5.41, 5.74) is 4.42. The fraction of sp³-hybridized carbons (Fsp3) is 0.341. The zero-order valence-electron chi connectivity index (χ0n) is 30.1. The molecule has 0 spiro atoms. The largest absolute Gasteiger partial charge is 1.00 e. The van der Waals surface area contributed by atoms with Crippen LogP contribution in [0.15, 0.2) is 93.9 Å². The van der Waals surface area contributed by atoms with E-state index in [1.165, 1.54) is 0 Å². The number of hydrogen-bond donors (Lipinski definition) is 0. The summed E-state index contributed by atoms with van der Waals surface area (Å²) >= 11 is 6.87. The molecule has 1 aliphatic rings. The highest BCUT2D eigenvalue weighted by atomic mass is 79.9. The second-order valence-electron chi connectivity index (χ2n) is 13.0. The molecule has 278 valence electrons. The predicted octanol–water partition coefficient (Wildman–Crippen LogP) is 2.67. The lowest BCUT2D eigenvalue weighted by Crippen LogP contribution is -3.00. The minimum Gasteiger partial charge on any atom is -1.00 e. The zero-order chi connectivity index (χ0) is 35.9. The molecule has 0 fully saturated rings. The van der Waals surface area contributed by atoms with Gasteiger partial charge in [0.25, 0.3) is 0 Å². The molecule has 0 aromatic heterocycles. The third-order valence-corrected chi connectivity index (χ3v) is 11.5. The van der Waals surface area contributed by atoms with Crippen LogP contribution in [0.25, 0.3) is 11.1 Å². The molecule has 1 aliphatic carbocycles. The molecule has 0 heterocycles. The smallest absolute Gasteiger partial charge is 0.216 e. The molecule has 11 heteroatoms. The van der Waals surface area contributed by atoms with Crippen LogP contribution in [0.5, 0.6) is 11.5 Å². The van der Waals surface area contributed by atoms with Crippen molar-refractivity contribution in [3.8, 4) is 22.6 Å². The number of likely N-dealkylation sites (N-methyl/N-ethyl adjacent to an activating group) is 2. The van der Waals surface area contributed by atoms with Crippen LogP contribution in [0.1, 0.15) is 64.3 Å². The Balaban J connectivity index is 0.00000364. The van der Waals surface area contributed by atoms with Crippen molar-refractivity contribution in [1.82, 2.24) is 0 Å². The van der Waals surface area contributed by atoms with Gasteiger partial charge in [-0.05, 0) is 99.5 Å². The van der Waals surface area contributed by atoms with Crippen molar-refractivity contribution in [2.75, 3.05) is 65.6 Å². The highest BCUT2D eigenvalue weighted by Crippen LogP contribution is 2.40. The standard InChI is InChI=1S/C41H46Br2N2O5.2BrH/c1-5-44(6-2,27-39(46)29-9-13-31(42)14-10-29)21-23-49-33-17-19-35-36-20-18-34(26-38(36)41(48)37(35)25-33)50-24-22-45(7-3,8-4)28-40(47)30-11-15-32(43)16-12-30;;/h9-20,25-26H,5-8,21-24,27-28H2,1-4H3;2*1H/q+2;;/p-2. The van der Waals surface area contributed by atoms with E-state index >= 15 is 0 Å². The van der Waals surface area contributed by atoms with Crippen LogP contribution in [-0.4, -0.2) is 91.9 Å². The summed E-state index contributed by atoms with van der Waals surface area (Å²) in [7, 11) is 0. The van der Waals surface area contributed by atoms with Gasteiger partial charge in [0.05, 0.1) is 26.2 Å². The van der Waals surface area contributed by atoms with Gasteiger partial charge in [-0.3, -0.25) is 14.4 Å². The average molecular weight is 966 g/mol. The molecule has 0 amide bonds. The van der Waals surface area contributed by atoms with E-state index in [0.717, 1.165) is 46.3 Å². The monoisotopic (exact) mass is 962 g/mol. The summed E-state index contributed by atoms with van der Waals surface area (Å²) in [4.78, 5) is 39.8. The van der Waals surface area contributed by atoms with Gasteiger partial charge in [-0.1, -0.05) is 56.1 Å². The number of Topliss-reactive ketones (excluding diaryl/α,β-unsaturated/α-hetero) is 2. The average Bonchev–Trinajstić information content (AvgIpc) is 3.41. The molecule has 0 N–H and O–H groups in total. The van der Waals surface area contributed by atoms with Gasteiger partial charge in [-0.15, -0.1) is 0 Å². The van der Waals surface area contributed by atoms with Crippen molar-refractivity contribution in [2.24, 2.45) is 0 Å². The van der Waals surface area contributed by atoms with E-state index in [1.54, 1.807) is 0 Å². The lowest BCUT2D eigenvalue weighted by atomic mass is 10.1. The molecular formula is C41H46Br4N2O5. The topological polar surface area (TPSA) is 69.7 Å². The first-order valence-electron chi connectivity index (χ1n) is 17.4. The van der Waals surface area contributed by atoms with Gasteiger partial charge in [-0.25, -0.2) is 0 Å². The molecule has 0 saturated heterocycles. The minimum atomic E-state index is -0.0504. The number of quaternary nitrogens is 2. The van der Waals surface area contributed by atoms with Crippen LogP contribution in [-0.2, 0) is 0 Å². The van der Waals surface area contributed by atoms with E-state index in [2.05, 4.69) is 59.6 Å². The summed E-state index contributed by atoms with van der Waals surface area (Å²) in [6, 6.07) is 26.4. The number of carbonyl (C=O) groups excluding carboxylic acids is 3. The maximum Gasteiger partial charge on any atom is 0.216 e. The lowest BCUT2D eigenvalue weighted by Gasteiger charge is -2.36. The Hall–Kier alpha value is -2.67. The molecule has 0 unspecified atom stereocenters. The molecule has 52 heavy (non-hydrogen) atoms. The van der Waals surface area contributed by atoms with Crippen LogP contribution in [0.4, 0.5) is 0 Å². The zero-order valence-corrected chi connectivity index (χ0v) is 36.4. The first kappa shape index (κ1) is 43.7. The molecule has 5 rings (SSSR count). The van der Waals surface area contributed by atoms with Crippen LogP contribution in [0.3, 0.4) is 0 Å². The third-order valence-electron chi connectivity index (χ3n) is 10.4. The fourth-order valence-electron chi connectivity index (χ4n) is 6.68. The highest BCUT2D eigenvalue weighted by Gasteiger charge is 2.31. The Bertz CT molecular complexity index is 1710. The summed E-state index contributed by atoms with van der Waals surface area (Å²) in [5.74, 6) is 1.46. The molecule has 7 nitrogen and oxygen atoms in total. The second kappa shape index (κ2) is 19.6. The van der Waals surface area contributed by atoms with E-state index in [4.69, 9.17) is 9.47 Å². The summed E-state index contributed by atoms with van der Waals surface area (Å²) < 4.78 is 15.5. The van der Waals surface area contributed by atoms with E-state index in [9.17, 15) is 14.4 Å². The number of fused-ring (bicyclic) bond motifs is 3. The normalized spacial score (nSPS) is 11.9. The Labute approximate surface area is 345 Å². The van der Waals surface area contributed by atoms with Crippen molar-refractivity contribution < 1.29 is 66.8 Å². The summed E-state index contributed by atoms with van der Waals surface area (Å²) in [6.45, 7) is 14.7. The number of ketones is 3. The molecule has 4 aromatic carbocycles. The second-order valence-corrected chi connectivity index (χ2v) is 14.8. The SMILES string of the molecule is CC[N+](CC)(CCOc1ccc2c(c1)C(=O)c1cc(OCC[N+](CC)(CC)CC(=O)c3ccc(Br)cc3)ccc1-2)CC(=O)c1ccc(Br)cc1.[Br-].[Br-]. The van der Waals surface area contributed by atoms with Crippen molar-refractivity contribution in [1.29, 1.82) is 0 Å². The molecule has 0 bridgehead atoms. The Morgan fingerprint density at radius 1 is 0.538 bits per heavy atom. The van der Waals surface area contributed by atoms with Gasteiger partial charge in [0.2, 0.25) is 11.6 Å². The van der Waals surface area contributed by atoms with Crippen molar-refractivity contribution in [3.05, 3.63) is 116 Å². The number of halogens is 4. The van der Waals surface area contributed by atoms with E-state index in [-0.39, 0.29) is 51.3 Å². The highest BCUT2D eigenvalue weighted by molar-refractivity contribution is 9.10. The Morgan fingerprint density at radius 2 is 0.885 bits per heavy atom. The number of rotatable bonds is 18. The van der Waals surface area contributed by atoms with Gasteiger partial charge in [-0.2, -0.15) is 0 Å². The molecule has 0 atom stereocenters. The van der Waals surface area contributed by atoms with Crippen LogP contribution < -0.4 is 43.4 Å². The number of ether oxygens (including phenoxy) is 2. The number of nitrogens with zero attached hydrogens (tertiary/aromatic N) is 2. The van der Waals surface area contributed by atoms with Gasteiger partial charge >= 0.3 is 0 Å². The van der Waals surface area contributed by atoms with E-state index in [1.807, 2.05) is 84.9 Å². The Kier molecular flexibility index (Phi) is 16.5. The van der Waals surface area contributed by atoms with E-state index in [0.29, 0.717) is 82.1 Å². The number of carbonyl (C=O) groups is 3. The minimum absolute atomic E-state index is 0. The Morgan fingerprint density at radius 3 is 1.21 bits per heavy atom. The molecule has 0 radical (unpaired) electrons. The first-order valence-corrected chi connectivity index (χ1v) is 19.0. The quantitative estimate of drug-likeness (QED) is 0.100. The molecule has 4 aromatic rings. The van der Waals surface area contributed by atoms with Crippen molar-refractivity contribution in [2.45, 2.75) is 27.7 Å². The number of benzene rings is 4. The van der Waals surface area contributed by atoms with Gasteiger partial charge in [0, 0.05) is 31.2 Å². The maximum absolute atomic E-state index is 13.6. The fourth-order valence-corrected chi connectivity index (χ4v) is 7.21. The van der Waals surface area contributed by atoms with Crippen LogP contribution in [0, 0.1) is 0 Å². The summed E-state index contributed by atoms with van der Waals surface area (Å²) in [5, 5.41) is 0. The van der Waals surface area contributed by atoms with Crippen molar-refractivity contribution >= 4 is 49.2 Å². The summed E-state index contributed by atoms with van der Waals surface area (Å²) in [6.07, 6.45) is 0. The number of hydrogen-bond acceptors (Lipinski definition) is 5. The van der Waals surface area contributed by atoms with Gasteiger partial charge in [0.1, 0.15) is 50.9 Å². The maximum atomic E-state index is 13.6. The van der Waals surface area contributed by atoms with Crippen molar-refractivity contribution in [3.63, 3.8) is 0 Å². The molecule has 0 saturated carbocycles. The molecule has 0 aliphatic heterocycles. The van der Waals surface area contributed by atoms with Gasteiger partial charge < -0.3 is 52.4 Å². The van der Waals surface area contributed by atoms with Crippen LogP contribution >= 0.6 is 31.9 Å².